The van der Waals surface area contributed by atoms with E-state index in [1.165, 1.54) is 6.07 Å². The highest BCUT2D eigenvalue weighted by molar-refractivity contribution is 9.10. The van der Waals surface area contributed by atoms with Crippen molar-refractivity contribution in [3.05, 3.63) is 27.7 Å². The number of benzene rings is 1. The highest BCUT2D eigenvalue weighted by atomic mass is 79.9. The summed E-state index contributed by atoms with van der Waals surface area (Å²) in [6.07, 6.45) is -0.722. The van der Waals surface area contributed by atoms with Crippen LogP contribution in [0.25, 0.3) is 0 Å². The Labute approximate surface area is 133 Å². The molecule has 1 aromatic carbocycles. The summed E-state index contributed by atoms with van der Waals surface area (Å²) >= 11 is 9.09. The number of carbonyl (C=O) groups is 3. The molecule has 0 bridgehead atoms. The van der Waals surface area contributed by atoms with Gasteiger partial charge in [-0.25, -0.2) is 4.79 Å². The molecule has 1 atom stereocenters. The Morgan fingerprint density at radius 3 is 2.52 bits per heavy atom. The Morgan fingerprint density at radius 1 is 1.33 bits per heavy atom. The minimum absolute atomic E-state index is 0.250. The molecule has 1 amide bonds. The Bertz CT molecular complexity index is 565. The van der Waals surface area contributed by atoms with Crippen molar-refractivity contribution in [1.29, 1.82) is 0 Å². The topological polar surface area (TPSA) is 113 Å². The highest BCUT2D eigenvalue weighted by Crippen LogP contribution is 2.27. The normalized spacial score (nSPS) is 11.5. The van der Waals surface area contributed by atoms with Crippen LogP contribution >= 0.6 is 27.5 Å². The molecule has 0 aliphatic carbocycles. The molecule has 0 aromatic heterocycles. The van der Waals surface area contributed by atoms with E-state index < -0.39 is 36.9 Å². The fourth-order valence-electron chi connectivity index (χ4n) is 1.35. The lowest BCUT2D eigenvalue weighted by molar-refractivity contribution is -0.147. The lowest BCUT2D eigenvalue weighted by Crippen LogP contribution is -2.44. The van der Waals surface area contributed by atoms with Crippen LogP contribution in [0.3, 0.4) is 0 Å². The second kappa shape index (κ2) is 7.84. The van der Waals surface area contributed by atoms with E-state index in [0.717, 1.165) is 4.47 Å². The van der Waals surface area contributed by atoms with Crippen LogP contribution in [-0.2, 0) is 14.4 Å². The quantitative estimate of drug-likeness (QED) is 0.661. The number of carboxylic acids is 2. The van der Waals surface area contributed by atoms with Crippen LogP contribution in [0.2, 0.25) is 5.02 Å². The van der Waals surface area contributed by atoms with E-state index in [1.807, 2.05) is 0 Å². The lowest BCUT2D eigenvalue weighted by Gasteiger charge is -2.13. The Hall–Kier alpha value is -1.80. The van der Waals surface area contributed by atoms with E-state index in [9.17, 15) is 14.4 Å². The van der Waals surface area contributed by atoms with Crippen LogP contribution in [-0.4, -0.2) is 40.7 Å². The highest BCUT2D eigenvalue weighted by Gasteiger charge is 2.23. The first-order valence-corrected chi connectivity index (χ1v) is 6.78. The Kier molecular flexibility index (Phi) is 6.44. The van der Waals surface area contributed by atoms with Crippen LogP contribution in [0.5, 0.6) is 5.75 Å². The van der Waals surface area contributed by atoms with Crippen molar-refractivity contribution in [2.75, 3.05) is 6.61 Å². The zero-order valence-corrected chi connectivity index (χ0v) is 12.8. The number of carboxylic acid groups (broad SMARTS) is 2. The number of amides is 1. The van der Waals surface area contributed by atoms with Crippen LogP contribution < -0.4 is 10.1 Å². The summed E-state index contributed by atoms with van der Waals surface area (Å²) < 4.78 is 5.87. The van der Waals surface area contributed by atoms with Gasteiger partial charge in [0.05, 0.1) is 11.4 Å². The third-order valence-corrected chi connectivity index (χ3v) is 3.05. The van der Waals surface area contributed by atoms with E-state index in [0.29, 0.717) is 0 Å². The van der Waals surface area contributed by atoms with Gasteiger partial charge < -0.3 is 20.3 Å². The molecule has 7 nitrogen and oxygen atoms in total. The summed E-state index contributed by atoms with van der Waals surface area (Å²) in [4.78, 5) is 32.8. The first-order chi connectivity index (χ1) is 9.79. The van der Waals surface area contributed by atoms with Crippen LogP contribution in [0.4, 0.5) is 0 Å². The van der Waals surface area contributed by atoms with Crippen molar-refractivity contribution in [2.24, 2.45) is 0 Å². The van der Waals surface area contributed by atoms with E-state index >= 15 is 0 Å². The Balaban J connectivity index is 2.56. The van der Waals surface area contributed by atoms with Crippen LogP contribution in [0.1, 0.15) is 6.42 Å². The van der Waals surface area contributed by atoms with Crippen molar-refractivity contribution < 1.29 is 29.3 Å². The largest absolute Gasteiger partial charge is 0.482 e. The molecule has 0 fully saturated rings. The Morgan fingerprint density at radius 2 is 2.00 bits per heavy atom. The summed E-state index contributed by atoms with van der Waals surface area (Å²) in [5.41, 5.74) is 0. The van der Waals surface area contributed by atoms with Gasteiger partial charge in [0.25, 0.3) is 5.91 Å². The summed E-state index contributed by atoms with van der Waals surface area (Å²) in [5.74, 6) is -3.28. The number of rotatable bonds is 7. The van der Waals surface area contributed by atoms with Gasteiger partial charge in [0.15, 0.2) is 6.61 Å². The molecule has 0 spiro atoms. The van der Waals surface area contributed by atoms with Gasteiger partial charge in [-0.3, -0.25) is 9.59 Å². The molecule has 0 heterocycles. The molecule has 0 radical (unpaired) electrons. The van der Waals surface area contributed by atoms with E-state index in [1.54, 1.807) is 12.1 Å². The number of hydrogen-bond donors (Lipinski definition) is 3. The summed E-state index contributed by atoms with van der Waals surface area (Å²) in [5, 5.41) is 19.7. The third-order valence-electron chi connectivity index (χ3n) is 2.26. The predicted molar refractivity (Wildman–Crippen MR) is 76.5 cm³/mol. The van der Waals surface area contributed by atoms with Gasteiger partial charge in [-0.05, 0) is 18.2 Å². The minimum Gasteiger partial charge on any atom is -0.482 e. The smallest absolute Gasteiger partial charge is 0.326 e. The molecule has 21 heavy (non-hydrogen) atoms. The fraction of sp³-hybridized carbons (Fsp3) is 0.250. The molecular formula is C12H11BrClNO6. The monoisotopic (exact) mass is 379 g/mol. The van der Waals surface area contributed by atoms with Gasteiger partial charge in [-0.15, -0.1) is 0 Å². The number of ether oxygens (including phenoxy) is 1. The molecule has 0 aliphatic rings. The van der Waals surface area contributed by atoms with Gasteiger partial charge in [0, 0.05) is 4.47 Å². The van der Waals surface area contributed by atoms with Gasteiger partial charge in [-0.1, -0.05) is 27.5 Å². The molecule has 0 saturated heterocycles. The van der Waals surface area contributed by atoms with Crippen molar-refractivity contribution >= 4 is 45.4 Å². The second-order valence-corrected chi connectivity index (χ2v) is 5.24. The van der Waals surface area contributed by atoms with E-state index in [4.69, 9.17) is 26.6 Å². The SMILES string of the molecule is O=C(O)CC(NC(=O)COc1ccc(Br)cc1Cl)C(=O)O. The minimum atomic E-state index is -1.51. The van der Waals surface area contributed by atoms with Gasteiger partial charge in [-0.2, -0.15) is 0 Å². The summed E-state index contributed by atoms with van der Waals surface area (Å²) in [7, 11) is 0. The fourth-order valence-corrected chi connectivity index (χ4v) is 2.07. The van der Waals surface area contributed by atoms with Crippen molar-refractivity contribution in [3.8, 4) is 5.75 Å². The number of nitrogens with one attached hydrogen (secondary N) is 1. The average molecular weight is 381 g/mol. The molecule has 1 rings (SSSR count). The zero-order chi connectivity index (χ0) is 16.0. The van der Waals surface area contributed by atoms with Crippen LogP contribution in [0.15, 0.2) is 22.7 Å². The zero-order valence-electron chi connectivity index (χ0n) is 10.5. The van der Waals surface area contributed by atoms with Gasteiger partial charge in [0.1, 0.15) is 11.8 Å². The second-order valence-electron chi connectivity index (χ2n) is 3.92. The summed E-state index contributed by atoms with van der Waals surface area (Å²) in [6.45, 7) is -0.481. The number of carbonyl (C=O) groups excluding carboxylic acids is 1. The molecule has 1 unspecified atom stereocenters. The van der Waals surface area contributed by atoms with Gasteiger partial charge in [0.2, 0.25) is 0 Å². The molecule has 1 aromatic rings. The molecule has 3 N–H and O–H groups in total. The first-order valence-electron chi connectivity index (χ1n) is 5.61. The van der Waals surface area contributed by atoms with Crippen molar-refractivity contribution in [3.63, 3.8) is 0 Å². The van der Waals surface area contributed by atoms with Gasteiger partial charge >= 0.3 is 11.9 Å². The van der Waals surface area contributed by atoms with Crippen molar-refractivity contribution in [2.45, 2.75) is 12.5 Å². The molecule has 0 saturated carbocycles. The molecule has 0 aliphatic heterocycles. The first kappa shape index (κ1) is 17.3. The third kappa shape index (κ3) is 6.01. The molecular weight excluding hydrogens is 369 g/mol. The molecule has 114 valence electrons. The number of halogens is 2. The average Bonchev–Trinajstić information content (AvgIpc) is 2.36. The standard InChI is InChI=1S/C12H11BrClNO6/c13-6-1-2-9(7(14)3-6)21-5-10(16)15-8(12(19)20)4-11(17)18/h1-3,8H,4-5H2,(H,15,16)(H,17,18)(H,19,20). The van der Waals surface area contributed by atoms with E-state index in [2.05, 4.69) is 21.2 Å². The maximum absolute atomic E-state index is 11.5. The molecule has 9 heteroatoms. The van der Waals surface area contributed by atoms with Crippen LogP contribution in [0, 0.1) is 0 Å². The number of hydrogen-bond acceptors (Lipinski definition) is 4. The van der Waals surface area contributed by atoms with Crippen molar-refractivity contribution in [1.82, 2.24) is 5.32 Å². The number of aliphatic carboxylic acids is 2. The maximum Gasteiger partial charge on any atom is 0.326 e. The lowest BCUT2D eigenvalue weighted by atomic mass is 10.2. The van der Waals surface area contributed by atoms with E-state index in [-0.39, 0.29) is 10.8 Å². The maximum atomic E-state index is 11.5. The summed E-state index contributed by atoms with van der Waals surface area (Å²) in [6, 6.07) is 3.24. The predicted octanol–water partition coefficient (Wildman–Crippen LogP) is 1.53.